The van der Waals surface area contributed by atoms with Gasteiger partial charge in [-0.15, -0.1) is 5.10 Å². The van der Waals surface area contributed by atoms with Crippen LogP contribution >= 0.6 is 34.8 Å². The van der Waals surface area contributed by atoms with Crippen molar-refractivity contribution in [3.05, 3.63) is 365 Å². The number of oxime groups is 1. The number of ether oxygens (including phenoxy) is 6. The van der Waals surface area contributed by atoms with E-state index in [4.69, 9.17) is 80.4 Å². The van der Waals surface area contributed by atoms with Crippen LogP contribution in [0, 0.1) is 38.0 Å². The number of anilines is 1. The van der Waals surface area contributed by atoms with Crippen molar-refractivity contribution < 1.29 is 42.0 Å². The van der Waals surface area contributed by atoms with Crippen molar-refractivity contribution in [1.82, 2.24) is 24.0 Å². The van der Waals surface area contributed by atoms with Gasteiger partial charge in [0.25, 0.3) is 0 Å². The van der Waals surface area contributed by atoms with E-state index >= 15 is 0 Å². The number of nitrogens with two attached hydrogens (primary N) is 1. The van der Waals surface area contributed by atoms with Crippen molar-refractivity contribution in [2.45, 2.75) is 173 Å². The monoisotopic (exact) mass is 1850 g/mol. The van der Waals surface area contributed by atoms with Crippen molar-refractivity contribution in [3.8, 4) is 23.0 Å². The van der Waals surface area contributed by atoms with E-state index in [2.05, 4.69) is 181 Å². The normalized spacial score (nSPS) is 17.3. The number of rotatable bonds is 31. The van der Waals surface area contributed by atoms with Gasteiger partial charge in [0.2, 0.25) is 6.79 Å². The number of halogens is 5. The van der Waals surface area contributed by atoms with Gasteiger partial charge in [0, 0.05) is 88.4 Å². The van der Waals surface area contributed by atoms with Gasteiger partial charge < -0.3 is 48.8 Å². The van der Waals surface area contributed by atoms with Crippen LogP contribution in [0.1, 0.15) is 202 Å². The molecule has 5 aliphatic rings. The molecule has 2 aliphatic carbocycles. The third-order valence-electron chi connectivity index (χ3n) is 25.0. The van der Waals surface area contributed by atoms with E-state index in [0.29, 0.717) is 78.0 Å². The first-order chi connectivity index (χ1) is 64.3. The molecule has 10 aromatic carbocycles. The minimum absolute atomic E-state index is 0.0635. The number of unbranched alkanes of at least 4 members (excludes halogenated alkanes) is 2. The molecule has 3 aliphatic heterocycles. The SMILES string of the molecule is CCCCC(Oc1ccc(C)cc1)c1ccccc1.CC[C@H]1CC[C@@H](c2ccc(Cl)c(Cl)c2)c2ccccc21.COCCCC/C(=N\OCCN)c1ccc(C)cc1.Fc1ccc([C@@H]2CCCC[C@H]2COc2ccc3c(c2)OCO3)cc1.O=c1n(CCCN2CCN(c3cccc(Cl)c3)CC2)nc2ccccn12.[C-]#[N+]c1ccc2c(c1)COC2(CCCN(C)C)c1ccc(F)cc1. The second-order valence-electron chi connectivity index (χ2n) is 34.6. The molecule has 0 bridgehead atoms. The van der Waals surface area contributed by atoms with E-state index in [9.17, 15) is 13.6 Å². The number of aryl methyl sites for hydroxylation is 3. The minimum Gasteiger partial charge on any atom is -0.493 e. The number of nitrogens with zero attached hydrogens (tertiary/aromatic N) is 8. The topological polar surface area (TPSA) is 156 Å². The molecular weight excluding hydrogens is 1720 g/mol. The van der Waals surface area contributed by atoms with E-state index in [1.165, 1.54) is 102 Å². The minimum atomic E-state index is -0.556. The van der Waals surface area contributed by atoms with Crippen LogP contribution in [0.3, 0.4) is 0 Å². The van der Waals surface area contributed by atoms with Crippen molar-refractivity contribution in [3.63, 3.8) is 0 Å². The average Bonchev–Trinajstić information content (AvgIpc) is 1.60. The number of pyridine rings is 1. The lowest BCUT2D eigenvalue weighted by atomic mass is 9.73. The van der Waals surface area contributed by atoms with Gasteiger partial charge in [-0.2, -0.15) is 0 Å². The number of piperazine rings is 1. The molecule has 132 heavy (non-hydrogen) atoms. The van der Waals surface area contributed by atoms with Crippen molar-refractivity contribution in [1.29, 1.82) is 0 Å². The van der Waals surface area contributed by atoms with Crippen LogP contribution in [0.2, 0.25) is 15.1 Å². The molecule has 17 rings (SSSR count). The maximum absolute atomic E-state index is 13.4. The van der Waals surface area contributed by atoms with Crippen molar-refractivity contribution in [2.24, 2.45) is 16.8 Å². The number of hydrogen-bond acceptors (Lipinski definition) is 14. The standard InChI is InChI=1S/C20H21FN2O.C20H21FO3.C19H22ClN5O.C18H18Cl2.C18H22O.C15H24N2O2/c1-22-18-9-10-19-15(13-18)14-24-20(19,11-4-12-23(2)3)16-5-7-17(21)8-6-16;21-16-7-5-14(6-8-16)18-4-2-1-3-15(18)12-22-17-9-10-19-20(11-17)24-13-23-19;20-16-5-3-6-17(15-16)23-13-11-22(12-14-23)8-4-10-25-19(26)24-9-2-1-7-18(24)21-25;1-2-12-7-9-15(16-6-4-3-5-14(12)16)13-8-10-17(19)18(20)11-13;1-3-4-10-18(16-8-6-5-7-9-16)19-17-13-11-15(2)12-14-17;1-13-6-8-14(9-7-13)15(17-19-12-10-16)5-3-4-11-18-2/h5-10,13H,4,11-12,14H2,2-3H3;5-11,15,18H,1-4,12-13H2;1-3,5-7,9,15H,4,8,10-14H2;3-6,8,10-12,15H,2,7,9H2,1H3;5-9,11-14,18H,3-4,10H2,1-2H3;6-9H,3-5,10-12,16H2,1-2H3/b;;;;;17-15+/t;15-,18-;;12-,15-;;/m.0.0../s1. The molecule has 2 unspecified atom stereocenters. The van der Waals surface area contributed by atoms with Crippen molar-refractivity contribution >= 4 is 57.5 Å². The van der Waals surface area contributed by atoms with Crippen LogP contribution in [-0.4, -0.2) is 123 Å². The van der Waals surface area contributed by atoms with Crippen LogP contribution in [0.15, 0.2) is 265 Å². The van der Waals surface area contributed by atoms with Crippen LogP contribution in [0.25, 0.3) is 10.5 Å². The lowest BCUT2D eigenvalue weighted by Gasteiger charge is -2.36. The second kappa shape index (κ2) is 52.0. The molecule has 2 aromatic heterocycles. The summed E-state index contributed by atoms with van der Waals surface area (Å²) in [4.78, 5) is 28.0. The Bertz CT molecular complexity index is 5660. The van der Waals surface area contributed by atoms with E-state index in [1.54, 1.807) is 34.5 Å². The predicted molar refractivity (Wildman–Crippen MR) is 532 cm³/mol. The molecular formula is C110H128Cl3F2N9O8. The largest absolute Gasteiger partial charge is 0.493 e. The fourth-order valence-corrected chi connectivity index (χ4v) is 18.3. The summed E-state index contributed by atoms with van der Waals surface area (Å²) in [6, 6.07) is 80.6. The van der Waals surface area contributed by atoms with Gasteiger partial charge in [0.05, 0.1) is 35.5 Å². The summed E-state index contributed by atoms with van der Waals surface area (Å²) in [5, 5.41) is 10.7. The molecule has 0 amide bonds. The summed E-state index contributed by atoms with van der Waals surface area (Å²) in [5.74, 6) is 4.89. The Balaban J connectivity index is 0.000000144. The first-order valence-electron chi connectivity index (χ1n) is 46.7. The molecule has 1 saturated heterocycles. The highest BCUT2D eigenvalue weighted by Gasteiger charge is 2.42. The second-order valence-corrected chi connectivity index (χ2v) is 35.8. The fraction of sp³-hybridized carbons (Fsp3) is 0.382. The smallest absolute Gasteiger partial charge is 0.350 e. The molecule has 0 spiro atoms. The Kier molecular flexibility index (Phi) is 39.4. The zero-order valence-corrected chi connectivity index (χ0v) is 79.7. The highest BCUT2D eigenvalue weighted by Crippen LogP contribution is 2.48. The lowest BCUT2D eigenvalue weighted by molar-refractivity contribution is -0.0140. The summed E-state index contributed by atoms with van der Waals surface area (Å²) in [5.41, 5.74) is 21.7. The number of fused-ring (bicyclic) bond motifs is 4. The third-order valence-corrected chi connectivity index (χ3v) is 26.0. The first kappa shape index (κ1) is 100. The Morgan fingerprint density at radius 3 is 2.08 bits per heavy atom. The molecule has 5 heterocycles. The molecule has 696 valence electrons. The Morgan fingerprint density at radius 2 is 1.37 bits per heavy atom. The van der Waals surface area contributed by atoms with E-state index in [1.807, 2.05) is 115 Å². The summed E-state index contributed by atoms with van der Waals surface area (Å²) in [6.07, 6.45) is 19.4. The molecule has 22 heteroatoms. The summed E-state index contributed by atoms with van der Waals surface area (Å²) in [6.45, 7) is 25.6. The quantitative estimate of drug-likeness (QED) is 0.0190. The number of aromatic nitrogens is 3. The number of benzene rings is 10. The molecule has 0 radical (unpaired) electrons. The lowest BCUT2D eigenvalue weighted by Crippen LogP contribution is -2.46. The van der Waals surface area contributed by atoms with Gasteiger partial charge in [-0.3, -0.25) is 9.30 Å². The molecule has 12 aromatic rings. The summed E-state index contributed by atoms with van der Waals surface area (Å²) < 4.78 is 64.0. The zero-order chi connectivity index (χ0) is 93.0. The molecule has 2 N–H and O–H groups in total. The van der Waals surface area contributed by atoms with Crippen LogP contribution in [-0.2, 0) is 33.1 Å². The molecule has 6 atom stereocenters. The van der Waals surface area contributed by atoms with Crippen LogP contribution in [0.5, 0.6) is 23.0 Å². The Morgan fingerprint density at radius 1 is 0.667 bits per heavy atom. The van der Waals surface area contributed by atoms with Gasteiger partial charge in [0.15, 0.2) is 22.8 Å². The maximum Gasteiger partial charge on any atom is 0.350 e. The Labute approximate surface area is 794 Å². The zero-order valence-electron chi connectivity index (χ0n) is 77.5. The van der Waals surface area contributed by atoms with E-state index in [-0.39, 0.29) is 30.2 Å². The maximum atomic E-state index is 13.4. The van der Waals surface area contributed by atoms with Crippen molar-refractivity contribution in [2.75, 3.05) is 98.5 Å². The van der Waals surface area contributed by atoms with Gasteiger partial charge >= 0.3 is 5.69 Å². The third kappa shape index (κ3) is 29.1. The van der Waals surface area contributed by atoms with Crippen LogP contribution in [0.4, 0.5) is 20.2 Å². The van der Waals surface area contributed by atoms with E-state index in [0.717, 1.165) is 160 Å². The highest BCUT2D eigenvalue weighted by atomic mass is 35.5. The molecule has 17 nitrogen and oxygen atoms in total. The fourth-order valence-electron chi connectivity index (χ4n) is 17.8. The van der Waals surface area contributed by atoms with Gasteiger partial charge in [0.1, 0.15) is 41.4 Å². The number of hydrogen-bond donors (Lipinski definition) is 1. The van der Waals surface area contributed by atoms with Gasteiger partial charge in [-0.25, -0.2) is 23.1 Å². The van der Waals surface area contributed by atoms with Gasteiger partial charge in [-0.05, 0) is 277 Å². The van der Waals surface area contributed by atoms with Gasteiger partial charge in [-0.1, -0.05) is 236 Å². The number of methoxy groups -OCH3 is 1. The average molecular weight is 1850 g/mol. The molecule has 2 fully saturated rings. The van der Waals surface area contributed by atoms with E-state index < -0.39 is 5.60 Å². The first-order valence-corrected chi connectivity index (χ1v) is 47.8. The molecule has 1 saturated carbocycles. The van der Waals surface area contributed by atoms with Crippen LogP contribution < -0.4 is 35.3 Å². The highest BCUT2D eigenvalue weighted by molar-refractivity contribution is 6.42. The predicted octanol–water partition coefficient (Wildman–Crippen LogP) is 26.0. The summed E-state index contributed by atoms with van der Waals surface area (Å²) in [7, 11) is 5.82. The summed E-state index contributed by atoms with van der Waals surface area (Å²) >= 11 is 18.3. The Hall–Kier alpha value is -10.9.